The highest BCUT2D eigenvalue weighted by atomic mass is 35.5. The zero-order valence-corrected chi connectivity index (χ0v) is 12.0. The van der Waals surface area contributed by atoms with Gasteiger partial charge in [0.25, 0.3) is 5.91 Å². The summed E-state index contributed by atoms with van der Waals surface area (Å²) in [6, 6.07) is 12.3. The van der Waals surface area contributed by atoms with Crippen molar-refractivity contribution in [2.45, 2.75) is 13.8 Å². The predicted octanol–water partition coefficient (Wildman–Crippen LogP) is 4.08. The molecule has 2 rings (SSSR count). The van der Waals surface area contributed by atoms with Crippen LogP contribution < -0.4 is 5.32 Å². The summed E-state index contributed by atoms with van der Waals surface area (Å²) in [5.74, 6) is -0.282. The van der Waals surface area contributed by atoms with E-state index in [0.29, 0.717) is 21.8 Å². The normalized spacial score (nSPS) is 9.90. The summed E-state index contributed by atoms with van der Waals surface area (Å²) in [4.78, 5) is 12.2. The molecule has 2 aromatic carbocycles. The molecule has 0 fully saturated rings. The quantitative estimate of drug-likeness (QED) is 0.903. The van der Waals surface area contributed by atoms with Crippen molar-refractivity contribution in [1.82, 2.24) is 0 Å². The molecule has 4 heteroatoms. The summed E-state index contributed by atoms with van der Waals surface area (Å²) >= 11 is 6.16. The van der Waals surface area contributed by atoms with E-state index in [1.165, 1.54) is 0 Å². The summed E-state index contributed by atoms with van der Waals surface area (Å²) in [6.45, 7) is 3.83. The molecule has 1 amide bonds. The number of aryl methyl sites for hydroxylation is 2. The number of anilines is 1. The van der Waals surface area contributed by atoms with E-state index in [0.717, 1.165) is 11.1 Å². The van der Waals surface area contributed by atoms with Crippen molar-refractivity contribution in [1.29, 1.82) is 5.26 Å². The van der Waals surface area contributed by atoms with Gasteiger partial charge in [0, 0.05) is 5.56 Å². The third-order valence-electron chi connectivity index (χ3n) is 2.92. The maximum Gasteiger partial charge on any atom is 0.255 e. The Morgan fingerprint density at radius 3 is 2.65 bits per heavy atom. The number of nitrogens with zero attached hydrogens (tertiary/aromatic N) is 1. The van der Waals surface area contributed by atoms with Gasteiger partial charge in [0.2, 0.25) is 0 Å². The number of nitrogens with one attached hydrogen (secondary N) is 1. The molecule has 0 spiro atoms. The van der Waals surface area contributed by atoms with Crippen molar-refractivity contribution in [3.63, 3.8) is 0 Å². The molecule has 100 valence electrons. The molecule has 2 aromatic rings. The fourth-order valence-corrected chi connectivity index (χ4v) is 2.36. The van der Waals surface area contributed by atoms with E-state index in [4.69, 9.17) is 16.9 Å². The highest BCUT2D eigenvalue weighted by Gasteiger charge is 2.11. The average Bonchev–Trinajstić information content (AvgIpc) is 2.42. The molecule has 0 aliphatic carbocycles. The third-order valence-corrected chi connectivity index (χ3v) is 3.22. The number of hydrogen-bond donors (Lipinski definition) is 1. The van der Waals surface area contributed by atoms with Gasteiger partial charge in [-0.1, -0.05) is 23.7 Å². The van der Waals surface area contributed by atoms with Crippen molar-refractivity contribution in [2.24, 2.45) is 0 Å². The Labute approximate surface area is 122 Å². The van der Waals surface area contributed by atoms with Gasteiger partial charge in [-0.2, -0.15) is 5.26 Å². The molecule has 0 saturated carbocycles. The zero-order valence-electron chi connectivity index (χ0n) is 11.2. The van der Waals surface area contributed by atoms with E-state index in [-0.39, 0.29) is 5.91 Å². The minimum atomic E-state index is -0.282. The minimum absolute atomic E-state index is 0.282. The summed E-state index contributed by atoms with van der Waals surface area (Å²) < 4.78 is 0. The van der Waals surface area contributed by atoms with Gasteiger partial charge in [0.1, 0.15) is 0 Å². The van der Waals surface area contributed by atoms with Gasteiger partial charge in [-0.05, 0) is 49.2 Å². The van der Waals surface area contributed by atoms with E-state index in [1.54, 1.807) is 30.3 Å². The first kappa shape index (κ1) is 14.1. The van der Waals surface area contributed by atoms with Gasteiger partial charge in [0.15, 0.2) is 0 Å². The van der Waals surface area contributed by atoms with Gasteiger partial charge in [-0.25, -0.2) is 0 Å². The molecular weight excluding hydrogens is 272 g/mol. The third kappa shape index (κ3) is 2.98. The molecule has 0 aliphatic heterocycles. The van der Waals surface area contributed by atoms with Crippen LogP contribution in [0, 0.1) is 25.2 Å². The monoisotopic (exact) mass is 284 g/mol. The Bertz CT molecular complexity index is 694. The molecule has 0 atom stereocenters. The SMILES string of the molecule is Cc1cc(C)c(NC(=O)c2cccc(C#N)c2)c(Cl)c1. The lowest BCUT2D eigenvalue weighted by Crippen LogP contribution is -2.13. The number of rotatable bonds is 2. The molecule has 0 bridgehead atoms. The topological polar surface area (TPSA) is 52.9 Å². The van der Waals surface area contributed by atoms with Gasteiger partial charge in [-0.3, -0.25) is 4.79 Å². The number of nitriles is 1. The number of carbonyl (C=O) groups excluding carboxylic acids is 1. The summed E-state index contributed by atoms with van der Waals surface area (Å²) in [6.07, 6.45) is 0. The minimum Gasteiger partial charge on any atom is -0.320 e. The molecule has 3 nitrogen and oxygen atoms in total. The Morgan fingerprint density at radius 2 is 2.00 bits per heavy atom. The van der Waals surface area contributed by atoms with Crippen LogP contribution in [0.1, 0.15) is 27.0 Å². The molecule has 0 aliphatic rings. The fraction of sp³-hybridized carbons (Fsp3) is 0.125. The van der Waals surface area contributed by atoms with Crippen molar-refractivity contribution in [2.75, 3.05) is 5.32 Å². The Kier molecular flexibility index (Phi) is 4.07. The average molecular weight is 285 g/mol. The van der Waals surface area contributed by atoms with Crippen LogP contribution in [-0.2, 0) is 0 Å². The van der Waals surface area contributed by atoms with Crippen LogP contribution in [0.5, 0.6) is 0 Å². The lowest BCUT2D eigenvalue weighted by atomic mass is 10.1. The fourth-order valence-electron chi connectivity index (χ4n) is 1.99. The van der Waals surface area contributed by atoms with E-state index in [2.05, 4.69) is 5.32 Å². The van der Waals surface area contributed by atoms with Crippen LogP contribution in [0.25, 0.3) is 0 Å². The summed E-state index contributed by atoms with van der Waals surface area (Å²) in [7, 11) is 0. The Morgan fingerprint density at radius 1 is 1.25 bits per heavy atom. The molecule has 0 saturated heterocycles. The van der Waals surface area contributed by atoms with Crippen molar-refractivity contribution in [3.05, 3.63) is 63.7 Å². The van der Waals surface area contributed by atoms with Crippen LogP contribution in [0.4, 0.5) is 5.69 Å². The number of halogens is 1. The molecular formula is C16H13ClN2O. The molecule has 0 radical (unpaired) electrons. The van der Waals surface area contributed by atoms with Crippen LogP contribution in [-0.4, -0.2) is 5.91 Å². The number of hydrogen-bond acceptors (Lipinski definition) is 2. The zero-order chi connectivity index (χ0) is 14.7. The van der Waals surface area contributed by atoms with Crippen molar-refractivity contribution >= 4 is 23.2 Å². The maximum absolute atomic E-state index is 12.2. The Hall–Kier alpha value is -2.31. The highest BCUT2D eigenvalue weighted by molar-refractivity contribution is 6.34. The lowest BCUT2D eigenvalue weighted by Gasteiger charge is -2.11. The molecule has 1 N–H and O–H groups in total. The van der Waals surface area contributed by atoms with Gasteiger partial charge in [-0.15, -0.1) is 0 Å². The Balaban J connectivity index is 2.31. The molecule has 0 aromatic heterocycles. The highest BCUT2D eigenvalue weighted by Crippen LogP contribution is 2.27. The first-order chi connectivity index (χ1) is 9.51. The number of benzene rings is 2. The van der Waals surface area contributed by atoms with E-state index < -0.39 is 0 Å². The summed E-state index contributed by atoms with van der Waals surface area (Å²) in [5, 5.41) is 12.1. The largest absolute Gasteiger partial charge is 0.320 e. The molecule has 0 heterocycles. The number of carbonyl (C=O) groups is 1. The predicted molar refractivity (Wildman–Crippen MR) is 80.0 cm³/mol. The maximum atomic E-state index is 12.2. The van der Waals surface area contributed by atoms with Gasteiger partial charge >= 0.3 is 0 Å². The first-order valence-electron chi connectivity index (χ1n) is 6.09. The van der Waals surface area contributed by atoms with Crippen molar-refractivity contribution in [3.8, 4) is 6.07 Å². The second kappa shape index (κ2) is 5.77. The van der Waals surface area contributed by atoms with E-state index in [9.17, 15) is 4.79 Å². The smallest absolute Gasteiger partial charge is 0.255 e. The van der Waals surface area contributed by atoms with Crippen molar-refractivity contribution < 1.29 is 4.79 Å². The van der Waals surface area contributed by atoms with E-state index >= 15 is 0 Å². The standard InChI is InChI=1S/C16H13ClN2O/c1-10-6-11(2)15(14(17)7-10)19-16(20)13-5-3-4-12(8-13)9-18/h3-8H,1-2H3,(H,19,20). The second-order valence-corrected chi connectivity index (χ2v) is 4.99. The number of amides is 1. The van der Waals surface area contributed by atoms with Gasteiger partial charge < -0.3 is 5.32 Å². The summed E-state index contributed by atoms with van der Waals surface area (Å²) in [5.41, 5.74) is 3.42. The molecule has 0 unspecified atom stereocenters. The van der Waals surface area contributed by atoms with Crippen LogP contribution in [0.3, 0.4) is 0 Å². The second-order valence-electron chi connectivity index (χ2n) is 4.59. The van der Waals surface area contributed by atoms with Gasteiger partial charge in [0.05, 0.1) is 22.3 Å². The molecule has 20 heavy (non-hydrogen) atoms. The lowest BCUT2D eigenvalue weighted by molar-refractivity contribution is 0.102. The first-order valence-corrected chi connectivity index (χ1v) is 6.47. The van der Waals surface area contributed by atoms with Crippen LogP contribution in [0.15, 0.2) is 36.4 Å². The van der Waals surface area contributed by atoms with Crippen LogP contribution in [0.2, 0.25) is 5.02 Å². The van der Waals surface area contributed by atoms with Crippen LogP contribution >= 0.6 is 11.6 Å². The van der Waals surface area contributed by atoms with E-state index in [1.807, 2.05) is 26.0 Å².